The molecule has 1 heterocycles. The van der Waals surface area contributed by atoms with Crippen LogP contribution in [0, 0.1) is 11.3 Å². The summed E-state index contributed by atoms with van der Waals surface area (Å²) in [6.45, 7) is 13.2. The zero-order chi connectivity index (χ0) is 8.48. The second kappa shape index (κ2) is 3.14. The second-order valence-electron chi connectivity index (χ2n) is 5.04. The highest BCUT2D eigenvalue weighted by Crippen LogP contribution is 2.28. The summed E-state index contributed by atoms with van der Waals surface area (Å²) < 4.78 is 0. The Kier molecular flexibility index (Phi) is 2.58. The van der Waals surface area contributed by atoms with E-state index in [1.54, 1.807) is 0 Å². The molecule has 0 aromatic carbocycles. The zero-order valence-electron chi connectivity index (χ0n) is 8.35. The van der Waals surface area contributed by atoms with Crippen LogP contribution in [0.5, 0.6) is 0 Å². The second-order valence-corrected chi connectivity index (χ2v) is 5.04. The number of rotatable bonds is 2. The summed E-state index contributed by atoms with van der Waals surface area (Å²) in [6, 6.07) is 0. The lowest BCUT2D eigenvalue weighted by atomic mass is 9.93. The van der Waals surface area contributed by atoms with E-state index < -0.39 is 0 Å². The van der Waals surface area contributed by atoms with Crippen molar-refractivity contribution in [1.82, 2.24) is 4.90 Å². The molecule has 1 nitrogen and oxygen atoms in total. The predicted octanol–water partition coefficient (Wildman–Crippen LogP) is 2.37. The molecule has 0 saturated carbocycles. The van der Waals surface area contributed by atoms with Crippen LogP contribution in [0.2, 0.25) is 0 Å². The Bertz CT molecular complexity index is 127. The van der Waals surface area contributed by atoms with Gasteiger partial charge < -0.3 is 4.90 Å². The largest absolute Gasteiger partial charge is 0.303 e. The summed E-state index contributed by atoms with van der Waals surface area (Å²) in [6.07, 6.45) is 1.37. The lowest BCUT2D eigenvalue weighted by Crippen LogP contribution is -2.27. The third-order valence-electron chi connectivity index (χ3n) is 2.38. The third kappa shape index (κ3) is 2.82. The number of hydrogen-bond donors (Lipinski definition) is 0. The molecule has 1 aliphatic heterocycles. The van der Waals surface area contributed by atoms with E-state index in [9.17, 15) is 0 Å². The first-order valence-corrected chi connectivity index (χ1v) is 4.72. The molecule has 0 amide bonds. The van der Waals surface area contributed by atoms with Gasteiger partial charge in [0.15, 0.2) is 0 Å². The zero-order valence-corrected chi connectivity index (χ0v) is 8.35. The molecule has 0 bridgehead atoms. The molecule has 1 saturated heterocycles. The fraction of sp³-hybridized carbons (Fsp3) is 1.00. The first kappa shape index (κ1) is 9.05. The molecular weight excluding hydrogens is 134 g/mol. The van der Waals surface area contributed by atoms with Crippen LogP contribution in [0.15, 0.2) is 0 Å². The van der Waals surface area contributed by atoms with Gasteiger partial charge in [0.1, 0.15) is 0 Å². The molecule has 11 heavy (non-hydrogen) atoms. The topological polar surface area (TPSA) is 3.24 Å². The predicted molar refractivity (Wildman–Crippen MR) is 49.7 cm³/mol. The maximum Gasteiger partial charge on any atom is 0.00333 e. The van der Waals surface area contributed by atoms with E-state index in [2.05, 4.69) is 32.6 Å². The van der Waals surface area contributed by atoms with Crippen molar-refractivity contribution in [2.75, 3.05) is 19.6 Å². The Morgan fingerprint density at radius 3 is 2.36 bits per heavy atom. The van der Waals surface area contributed by atoms with Gasteiger partial charge in [-0.1, -0.05) is 27.7 Å². The fourth-order valence-electron chi connectivity index (χ4n) is 1.90. The average molecular weight is 155 g/mol. The highest BCUT2D eigenvalue weighted by molar-refractivity contribution is 4.82. The molecule has 1 fully saturated rings. The maximum absolute atomic E-state index is 2.59. The lowest BCUT2D eigenvalue weighted by molar-refractivity contribution is 0.263. The molecule has 0 atom stereocenters. The van der Waals surface area contributed by atoms with Gasteiger partial charge in [0.05, 0.1) is 0 Å². The Labute approximate surface area is 70.8 Å². The molecule has 0 aliphatic carbocycles. The number of nitrogens with zero attached hydrogens (tertiary/aromatic N) is 1. The van der Waals surface area contributed by atoms with E-state index in [4.69, 9.17) is 0 Å². The van der Waals surface area contributed by atoms with Gasteiger partial charge in [-0.25, -0.2) is 0 Å². The molecule has 0 radical (unpaired) electrons. The standard InChI is InChI=1S/C10H21N/c1-9(2)7-11-6-5-10(3,4)8-11/h9H,5-8H2,1-4H3. The molecule has 1 aliphatic rings. The minimum atomic E-state index is 0.578. The van der Waals surface area contributed by atoms with Crippen LogP contribution in [-0.2, 0) is 0 Å². The highest BCUT2D eigenvalue weighted by Gasteiger charge is 2.28. The molecule has 0 unspecified atom stereocenters. The molecular formula is C10H21N. The van der Waals surface area contributed by atoms with Gasteiger partial charge in [0.2, 0.25) is 0 Å². The molecule has 0 N–H and O–H groups in total. The Balaban J connectivity index is 2.31. The van der Waals surface area contributed by atoms with Crippen LogP contribution in [-0.4, -0.2) is 24.5 Å². The maximum atomic E-state index is 2.59. The third-order valence-corrected chi connectivity index (χ3v) is 2.38. The molecule has 1 rings (SSSR count). The van der Waals surface area contributed by atoms with Gasteiger partial charge in [-0.3, -0.25) is 0 Å². The van der Waals surface area contributed by atoms with Crippen LogP contribution in [0.4, 0.5) is 0 Å². The lowest BCUT2D eigenvalue weighted by Gasteiger charge is -2.20. The van der Waals surface area contributed by atoms with Crippen molar-refractivity contribution >= 4 is 0 Å². The Morgan fingerprint density at radius 2 is 2.00 bits per heavy atom. The summed E-state index contributed by atoms with van der Waals surface area (Å²) in [7, 11) is 0. The van der Waals surface area contributed by atoms with Gasteiger partial charge in [0, 0.05) is 13.1 Å². The van der Waals surface area contributed by atoms with E-state index in [1.807, 2.05) is 0 Å². The molecule has 0 spiro atoms. The summed E-state index contributed by atoms with van der Waals surface area (Å²) in [5.41, 5.74) is 0.578. The van der Waals surface area contributed by atoms with Crippen LogP contribution in [0.25, 0.3) is 0 Å². The van der Waals surface area contributed by atoms with Crippen molar-refractivity contribution in [1.29, 1.82) is 0 Å². The Hall–Kier alpha value is -0.0400. The minimum absolute atomic E-state index is 0.578. The minimum Gasteiger partial charge on any atom is -0.303 e. The van der Waals surface area contributed by atoms with Gasteiger partial charge >= 0.3 is 0 Å². The number of likely N-dealkylation sites (tertiary alicyclic amines) is 1. The quantitative estimate of drug-likeness (QED) is 0.592. The van der Waals surface area contributed by atoms with Crippen molar-refractivity contribution in [3.63, 3.8) is 0 Å². The van der Waals surface area contributed by atoms with Crippen molar-refractivity contribution < 1.29 is 0 Å². The van der Waals surface area contributed by atoms with Crippen LogP contribution < -0.4 is 0 Å². The van der Waals surface area contributed by atoms with Crippen LogP contribution >= 0.6 is 0 Å². The summed E-state index contributed by atoms with van der Waals surface area (Å²) in [5, 5.41) is 0. The van der Waals surface area contributed by atoms with Crippen LogP contribution in [0.1, 0.15) is 34.1 Å². The normalized spacial score (nSPS) is 24.8. The van der Waals surface area contributed by atoms with Gasteiger partial charge in [-0.15, -0.1) is 0 Å². The van der Waals surface area contributed by atoms with Gasteiger partial charge in [-0.2, -0.15) is 0 Å². The van der Waals surface area contributed by atoms with Crippen LogP contribution in [0.3, 0.4) is 0 Å². The summed E-state index contributed by atoms with van der Waals surface area (Å²) in [5.74, 6) is 0.823. The van der Waals surface area contributed by atoms with Gasteiger partial charge in [0.25, 0.3) is 0 Å². The SMILES string of the molecule is CC(C)CN1CCC(C)(C)C1. The summed E-state index contributed by atoms with van der Waals surface area (Å²) >= 11 is 0. The van der Waals surface area contributed by atoms with E-state index in [-0.39, 0.29) is 0 Å². The monoisotopic (exact) mass is 155 g/mol. The smallest absolute Gasteiger partial charge is 0.00333 e. The summed E-state index contributed by atoms with van der Waals surface area (Å²) in [4.78, 5) is 2.59. The fourth-order valence-corrected chi connectivity index (χ4v) is 1.90. The van der Waals surface area contributed by atoms with Crippen molar-refractivity contribution in [2.24, 2.45) is 11.3 Å². The molecule has 0 aromatic heterocycles. The van der Waals surface area contributed by atoms with Gasteiger partial charge in [-0.05, 0) is 24.3 Å². The molecule has 0 aromatic rings. The van der Waals surface area contributed by atoms with Crippen molar-refractivity contribution in [3.8, 4) is 0 Å². The van der Waals surface area contributed by atoms with E-state index in [1.165, 1.54) is 26.1 Å². The van der Waals surface area contributed by atoms with Crippen molar-refractivity contribution in [3.05, 3.63) is 0 Å². The van der Waals surface area contributed by atoms with E-state index in [0.29, 0.717) is 5.41 Å². The first-order valence-electron chi connectivity index (χ1n) is 4.72. The van der Waals surface area contributed by atoms with E-state index >= 15 is 0 Å². The van der Waals surface area contributed by atoms with Crippen molar-refractivity contribution in [2.45, 2.75) is 34.1 Å². The Morgan fingerprint density at radius 1 is 1.36 bits per heavy atom. The highest BCUT2D eigenvalue weighted by atomic mass is 15.2. The number of hydrogen-bond acceptors (Lipinski definition) is 1. The first-order chi connectivity index (χ1) is 4.99. The molecule has 66 valence electrons. The average Bonchev–Trinajstić information content (AvgIpc) is 2.08. The molecule has 1 heteroatoms. The van der Waals surface area contributed by atoms with E-state index in [0.717, 1.165) is 5.92 Å².